The maximum absolute atomic E-state index is 2.57. The van der Waals surface area contributed by atoms with Gasteiger partial charge >= 0.3 is 0 Å². The SMILES string of the molecule is CCCCCCCC(C)(CCCC)CCCCCCC. The van der Waals surface area contributed by atoms with E-state index in [1.54, 1.807) is 0 Å². The quantitative estimate of drug-likeness (QED) is 0.268. The van der Waals surface area contributed by atoms with Gasteiger partial charge in [-0.2, -0.15) is 0 Å². The van der Waals surface area contributed by atoms with E-state index in [1.807, 2.05) is 0 Å². The number of rotatable bonds is 15. The molecule has 0 aromatic heterocycles. The van der Waals surface area contributed by atoms with Crippen molar-refractivity contribution in [2.45, 2.75) is 124 Å². The highest BCUT2D eigenvalue weighted by atomic mass is 14.3. The van der Waals surface area contributed by atoms with Crippen molar-refractivity contribution in [2.75, 3.05) is 0 Å². The summed E-state index contributed by atoms with van der Waals surface area (Å²) in [6.45, 7) is 9.52. The van der Waals surface area contributed by atoms with E-state index in [9.17, 15) is 0 Å². The van der Waals surface area contributed by atoms with Crippen LogP contribution in [0.4, 0.5) is 0 Å². The summed E-state index contributed by atoms with van der Waals surface area (Å²) in [5, 5.41) is 0. The number of hydrogen-bond acceptors (Lipinski definition) is 0. The predicted octanol–water partition coefficient (Wildman–Crippen LogP) is 7.90. The van der Waals surface area contributed by atoms with Crippen LogP contribution in [0.25, 0.3) is 0 Å². The smallest absolute Gasteiger partial charge is 0.0326 e. The summed E-state index contributed by atoms with van der Waals surface area (Å²) in [6, 6.07) is 0. The minimum Gasteiger partial charge on any atom is -0.0654 e. The van der Waals surface area contributed by atoms with Crippen molar-refractivity contribution in [3.8, 4) is 0 Å². The van der Waals surface area contributed by atoms with Gasteiger partial charge in [0.15, 0.2) is 0 Å². The second-order valence-corrected chi connectivity index (χ2v) is 7.24. The average molecular weight is 283 g/mol. The monoisotopic (exact) mass is 282 g/mol. The zero-order chi connectivity index (χ0) is 15.1. The molecule has 0 aromatic carbocycles. The normalized spacial score (nSPS) is 12.0. The first-order valence-corrected chi connectivity index (χ1v) is 9.68. The molecule has 0 aromatic rings. The summed E-state index contributed by atoms with van der Waals surface area (Å²) < 4.78 is 0. The molecule has 0 aliphatic carbocycles. The van der Waals surface area contributed by atoms with Gasteiger partial charge in [0, 0.05) is 0 Å². The molecule has 0 saturated heterocycles. The summed E-state index contributed by atoms with van der Waals surface area (Å²) in [7, 11) is 0. The lowest BCUT2D eigenvalue weighted by Gasteiger charge is -2.30. The first-order valence-electron chi connectivity index (χ1n) is 9.68. The Morgan fingerprint density at radius 3 is 1.20 bits per heavy atom. The van der Waals surface area contributed by atoms with Crippen molar-refractivity contribution in [3.63, 3.8) is 0 Å². The molecule has 0 bridgehead atoms. The number of unbranched alkanes of at least 4 members (excludes halogenated alkanes) is 9. The van der Waals surface area contributed by atoms with Crippen molar-refractivity contribution in [1.82, 2.24) is 0 Å². The van der Waals surface area contributed by atoms with E-state index in [2.05, 4.69) is 27.7 Å². The van der Waals surface area contributed by atoms with E-state index >= 15 is 0 Å². The van der Waals surface area contributed by atoms with Crippen LogP contribution < -0.4 is 0 Å². The molecule has 0 amide bonds. The minimum absolute atomic E-state index is 0.647. The highest BCUT2D eigenvalue weighted by Crippen LogP contribution is 2.36. The van der Waals surface area contributed by atoms with E-state index in [0.717, 1.165) is 0 Å². The molecule has 0 N–H and O–H groups in total. The van der Waals surface area contributed by atoms with Gasteiger partial charge in [0.25, 0.3) is 0 Å². The Kier molecular flexibility index (Phi) is 14.0. The second kappa shape index (κ2) is 14.0. The third-order valence-electron chi connectivity index (χ3n) is 4.90. The number of hydrogen-bond donors (Lipinski definition) is 0. The van der Waals surface area contributed by atoms with E-state index in [1.165, 1.54) is 96.3 Å². The van der Waals surface area contributed by atoms with Crippen LogP contribution in [0.5, 0.6) is 0 Å². The lowest BCUT2D eigenvalue weighted by atomic mass is 9.76. The van der Waals surface area contributed by atoms with Gasteiger partial charge in [-0.3, -0.25) is 0 Å². The zero-order valence-electron chi connectivity index (χ0n) is 15.1. The summed E-state index contributed by atoms with van der Waals surface area (Å²) in [5.74, 6) is 0. The Balaban J connectivity index is 3.88. The van der Waals surface area contributed by atoms with Crippen molar-refractivity contribution in [2.24, 2.45) is 5.41 Å². The fraction of sp³-hybridized carbons (Fsp3) is 1.00. The Labute approximate surface area is 130 Å². The van der Waals surface area contributed by atoms with Gasteiger partial charge in [0.2, 0.25) is 0 Å². The van der Waals surface area contributed by atoms with Crippen molar-refractivity contribution < 1.29 is 0 Å². The summed E-state index contributed by atoms with van der Waals surface area (Å²) in [6.07, 6.45) is 21.6. The van der Waals surface area contributed by atoms with E-state index in [-0.39, 0.29) is 0 Å². The molecule has 122 valence electrons. The predicted molar refractivity (Wildman–Crippen MR) is 94.4 cm³/mol. The summed E-state index contributed by atoms with van der Waals surface area (Å²) in [5.41, 5.74) is 0.647. The molecule has 0 atom stereocenters. The van der Waals surface area contributed by atoms with Gasteiger partial charge in [0.1, 0.15) is 0 Å². The molecular weight excluding hydrogens is 240 g/mol. The maximum Gasteiger partial charge on any atom is -0.0326 e. The van der Waals surface area contributed by atoms with Crippen molar-refractivity contribution in [3.05, 3.63) is 0 Å². The van der Waals surface area contributed by atoms with Crippen molar-refractivity contribution >= 4 is 0 Å². The minimum atomic E-state index is 0.647. The zero-order valence-corrected chi connectivity index (χ0v) is 15.1. The Morgan fingerprint density at radius 2 is 0.800 bits per heavy atom. The van der Waals surface area contributed by atoms with Gasteiger partial charge in [-0.05, 0) is 24.7 Å². The van der Waals surface area contributed by atoms with Crippen molar-refractivity contribution in [1.29, 1.82) is 0 Å². The molecule has 0 radical (unpaired) electrons. The molecule has 0 heteroatoms. The molecule has 0 aliphatic rings. The first-order chi connectivity index (χ1) is 9.68. The highest BCUT2D eigenvalue weighted by molar-refractivity contribution is 4.74. The lowest BCUT2D eigenvalue weighted by Crippen LogP contribution is -2.16. The van der Waals surface area contributed by atoms with Crippen LogP contribution in [0.1, 0.15) is 124 Å². The van der Waals surface area contributed by atoms with Gasteiger partial charge < -0.3 is 0 Å². The molecule has 20 heavy (non-hydrogen) atoms. The van der Waals surface area contributed by atoms with E-state index in [4.69, 9.17) is 0 Å². The van der Waals surface area contributed by atoms with Crippen LogP contribution in [-0.4, -0.2) is 0 Å². The standard InChI is InChI=1S/C20H42/c1-5-8-11-13-15-18-20(4,17-10-7-3)19-16-14-12-9-6-2/h5-19H2,1-4H3. The molecule has 0 aliphatic heterocycles. The molecule has 0 nitrogen and oxygen atoms in total. The first kappa shape index (κ1) is 20.0. The molecule has 0 spiro atoms. The summed E-state index contributed by atoms with van der Waals surface area (Å²) >= 11 is 0. The largest absolute Gasteiger partial charge is 0.0654 e. The molecule has 0 unspecified atom stereocenters. The topological polar surface area (TPSA) is 0 Å². The van der Waals surface area contributed by atoms with Crippen LogP contribution in [-0.2, 0) is 0 Å². The Morgan fingerprint density at radius 1 is 0.450 bits per heavy atom. The van der Waals surface area contributed by atoms with Gasteiger partial charge in [0.05, 0.1) is 0 Å². The fourth-order valence-corrected chi connectivity index (χ4v) is 3.29. The van der Waals surface area contributed by atoms with Crippen LogP contribution in [0, 0.1) is 5.41 Å². The van der Waals surface area contributed by atoms with Crippen LogP contribution in [0.3, 0.4) is 0 Å². The molecule has 0 rings (SSSR count). The molecule has 0 saturated carbocycles. The van der Waals surface area contributed by atoms with Gasteiger partial charge in [-0.15, -0.1) is 0 Å². The highest BCUT2D eigenvalue weighted by Gasteiger charge is 2.22. The molecule has 0 heterocycles. The average Bonchev–Trinajstić information content (AvgIpc) is 2.45. The van der Waals surface area contributed by atoms with E-state index in [0.29, 0.717) is 5.41 Å². The second-order valence-electron chi connectivity index (χ2n) is 7.24. The van der Waals surface area contributed by atoms with Gasteiger partial charge in [-0.1, -0.05) is 105 Å². The van der Waals surface area contributed by atoms with Crippen LogP contribution in [0.2, 0.25) is 0 Å². The Bertz CT molecular complexity index is 168. The van der Waals surface area contributed by atoms with E-state index < -0.39 is 0 Å². The third kappa shape index (κ3) is 11.8. The van der Waals surface area contributed by atoms with Gasteiger partial charge in [-0.25, -0.2) is 0 Å². The molecular formula is C20H42. The maximum atomic E-state index is 2.57. The van der Waals surface area contributed by atoms with Crippen LogP contribution >= 0.6 is 0 Å². The Hall–Kier alpha value is 0. The van der Waals surface area contributed by atoms with Crippen LogP contribution in [0.15, 0.2) is 0 Å². The molecule has 0 fully saturated rings. The lowest BCUT2D eigenvalue weighted by molar-refractivity contribution is 0.224. The summed E-state index contributed by atoms with van der Waals surface area (Å²) in [4.78, 5) is 0. The fourth-order valence-electron chi connectivity index (χ4n) is 3.29. The third-order valence-corrected chi connectivity index (χ3v) is 4.90.